The summed E-state index contributed by atoms with van der Waals surface area (Å²) in [6.07, 6.45) is 4.94. The first kappa shape index (κ1) is 14.2. The molecule has 1 aromatic rings. The summed E-state index contributed by atoms with van der Waals surface area (Å²) in [5, 5.41) is 17.1. The first-order valence-corrected chi connectivity index (χ1v) is 6.46. The summed E-state index contributed by atoms with van der Waals surface area (Å²) in [4.78, 5) is 0. The van der Waals surface area contributed by atoms with Crippen LogP contribution in [0.25, 0.3) is 0 Å². The third-order valence-electron chi connectivity index (χ3n) is 2.94. The number of aliphatic hydroxyl groups is 1. The zero-order chi connectivity index (χ0) is 12.8. The molecule has 4 nitrogen and oxygen atoms in total. The minimum atomic E-state index is 0.162. The Labute approximate surface area is 104 Å². The molecular weight excluding hydrogens is 214 g/mol. The zero-order valence-electron chi connectivity index (χ0n) is 11.3. The first-order valence-electron chi connectivity index (χ1n) is 6.46. The van der Waals surface area contributed by atoms with E-state index in [0.717, 1.165) is 13.0 Å². The minimum Gasteiger partial charge on any atom is -0.395 e. The van der Waals surface area contributed by atoms with Crippen LogP contribution >= 0.6 is 0 Å². The van der Waals surface area contributed by atoms with E-state index in [1.54, 1.807) is 0 Å². The van der Waals surface area contributed by atoms with Gasteiger partial charge in [0, 0.05) is 30.4 Å². The molecule has 0 aliphatic heterocycles. The van der Waals surface area contributed by atoms with Crippen molar-refractivity contribution in [2.24, 2.45) is 5.92 Å². The van der Waals surface area contributed by atoms with Gasteiger partial charge in [-0.3, -0.25) is 4.68 Å². The Morgan fingerprint density at radius 1 is 1.41 bits per heavy atom. The number of nitrogens with zero attached hydrogens (tertiary/aromatic N) is 2. The monoisotopic (exact) mass is 239 g/mol. The topological polar surface area (TPSA) is 50.1 Å². The van der Waals surface area contributed by atoms with Gasteiger partial charge in [0.2, 0.25) is 0 Å². The Balaban J connectivity index is 2.54. The Morgan fingerprint density at radius 3 is 2.59 bits per heavy atom. The van der Waals surface area contributed by atoms with Crippen LogP contribution in [-0.4, -0.2) is 27.5 Å². The van der Waals surface area contributed by atoms with Gasteiger partial charge in [-0.1, -0.05) is 13.8 Å². The standard InChI is InChI=1S/C13H25N3O/c1-5-16-8-12(7-14-16)11(4)15-13(9-17)6-10(2)3/h7-8,10-11,13,15,17H,5-6,9H2,1-4H3. The highest BCUT2D eigenvalue weighted by molar-refractivity contribution is 5.09. The van der Waals surface area contributed by atoms with Crippen molar-refractivity contribution in [2.75, 3.05) is 6.61 Å². The van der Waals surface area contributed by atoms with Crippen LogP contribution in [0.4, 0.5) is 0 Å². The third kappa shape index (κ3) is 4.48. The fourth-order valence-electron chi connectivity index (χ4n) is 1.99. The molecule has 2 N–H and O–H groups in total. The normalized spacial score (nSPS) is 15.2. The van der Waals surface area contributed by atoms with E-state index in [1.165, 1.54) is 5.56 Å². The smallest absolute Gasteiger partial charge is 0.0584 e. The Hall–Kier alpha value is -0.870. The molecule has 0 saturated carbocycles. The number of aromatic nitrogens is 2. The molecule has 0 aromatic carbocycles. The second-order valence-electron chi connectivity index (χ2n) is 5.03. The number of aliphatic hydroxyl groups excluding tert-OH is 1. The summed E-state index contributed by atoms with van der Waals surface area (Å²) >= 11 is 0. The largest absolute Gasteiger partial charge is 0.395 e. The lowest BCUT2D eigenvalue weighted by molar-refractivity contribution is 0.215. The Morgan fingerprint density at radius 2 is 2.12 bits per heavy atom. The molecule has 17 heavy (non-hydrogen) atoms. The lowest BCUT2D eigenvalue weighted by Crippen LogP contribution is -2.35. The number of nitrogens with one attached hydrogen (secondary N) is 1. The van der Waals surface area contributed by atoms with E-state index in [2.05, 4.69) is 44.3 Å². The molecule has 98 valence electrons. The van der Waals surface area contributed by atoms with Gasteiger partial charge in [-0.25, -0.2) is 0 Å². The van der Waals surface area contributed by atoms with E-state index in [1.807, 2.05) is 10.9 Å². The molecule has 0 bridgehead atoms. The van der Waals surface area contributed by atoms with Crippen LogP contribution in [0.15, 0.2) is 12.4 Å². The van der Waals surface area contributed by atoms with E-state index in [-0.39, 0.29) is 18.7 Å². The van der Waals surface area contributed by atoms with E-state index >= 15 is 0 Å². The number of rotatable bonds is 7. The number of hydrogen-bond acceptors (Lipinski definition) is 3. The Kier molecular flexibility index (Phi) is 5.65. The van der Waals surface area contributed by atoms with Crippen LogP contribution in [0.2, 0.25) is 0 Å². The summed E-state index contributed by atoms with van der Waals surface area (Å²) in [5.41, 5.74) is 1.18. The SMILES string of the molecule is CCn1cc(C(C)NC(CO)CC(C)C)cn1. The molecule has 1 heterocycles. The molecule has 0 saturated heterocycles. The molecule has 0 radical (unpaired) electrons. The van der Waals surface area contributed by atoms with Crippen LogP contribution in [0.3, 0.4) is 0 Å². The predicted octanol–water partition coefficient (Wildman–Crippen LogP) is 1.96. The average Bonchev–Trinajstić information content (AvgIpc) is 2.75. The van der Waals surface area contributed by atoms with Crippen LogP contribution in [-0.2, 0) is 6.54 Å². The summed E-state index contributed by atoms with van der Waals surface area (Å²) in [7, 11) is 0. The maximum absolute atomic E-state index is 9.34. The van der Waals surface area contributed by atoms with Crippen molar-refractivity contribution in [2.45, 2.75) is 52.7 Å². The average molecular weight is 239 g/mol. The van der Waals surface area contributed by atoms with Crippen molar-refractivity contribution >= 4 is 0 Å². The van der Waals surface area contributed by atoms with Crippen LogP contribution < -0.4 is 5.32 Å². The van der Waals surface area contributed by atoms with Crippen molar-refractivity contribution in [3.8, 4) is 0 Å². The van der Waals surface area contributed by atoms with Gasteiger partial charge in [-0.05, 0) is 26.2 Å². The molecule has 2 unspecified atom stereocenters. The van der Waals surface area contributed by atoms with Crippen LogP contribution in [0, 0.1) is 5.92 Å². The lowest BCUT2D eigenvalue weighted by Gasteiger charge is -2.22. The van der Waals surface area contributed by atoms with E-state index in [9.17, 15) is 5.11 Å². The molecule has 0 fully saturated rings. The van der Waals surface area contributed by atoms with Gasteiger partial charge >= 0.3 is 0 Å². The highest BCUT2D eigenvalue weighted by Gasteiger charge is 2.15. The quantitative estimate of drug-likeness (QED) is 0.764. The second kappa shape index (κ2) is 6.77. The van der Waals surface area contributed by atoms with Gasteiger partial charge in [0.25, 0.3) is 0 Å². The summed E-state index contributed by atoms with van der Waals surface area (Å²) in [5.74, 6) is 0.588. The van der Waals surface area contributed by atoms with E-state index in [4.69, 9.17) is 0 Å². The maximum atomic E-state index is 9.34. The van der Waals surface area contributed by atoms with Crippen LogP contribution in [0.5, 0.6) is 0 Å². The highest BCUT2D eigenvalue weighted by atomic mass is 16.3. The van der Waals surface area contributed by atoms with E-state index < -0.39 is 0 Å². The van der Waals surface area contributed by atoms with Gasteiger partial charge in [-0.15, -0.1) is 0 Å². The Bertz CT molecular complexity index is 322. The summed E-state index contributed by atoms with van der Waals surface area (Å²) < 4.78 is 1.92. The minimum absolute atomic E-state index is 0.162. The predicted molar refractivity (Wildman–Crippen MR) is 69.8 cm³/mol. The second-order valence-corrected chi connectivity index (χ2v) is 5.03. The molecule has 0 spiro atoms. The summed E-state index contributed by atoms with van der Waals surface area (Å²) in [6.45, 7) is 9.60. The van der Waals surface area contributed by atoms with Gasteiger partial charge in [0.15, 0.2) is 0 Å². The molecule has 4 heteroatoms. The fourth-order valence-corrected chi connectivity index (χ4v) is 1.99. The molecule has 2 atom stereocenters. The molecule has 0 aliphatic carbocycles. The maximum Gasteiger partial charge on any atom is 0.0584 e. The molecule has 0 amide bonds. The molecule has 1 aromatic heterocycles. The van der Waals surface area contributed by atoms with Gasteiger partial charge < -0.3 is 10.4 Å². The van der Waals surface area contributed by atoms with Crippen molar-refractivity contribution in [1.29, 1.82) is 0 Å². The van der Waals surface area contributed by atoms with Crippen molar-refractivity contribution < 1.29 is 5.11 Å². The number of hydrogen-bond donors (Lipinski definition) is 2. The lowest BCUT2D eigenvalue weighted by atomic mass is 10.0. The van der Waals surface area contributed by atoms with E-state index in [0.29, 0.717) is 5.92 Å². The van der Waals surface area contributed by atoms with Crippen LogP contribution in [0.1, 0.15) is 45.7 Å². The van der Waals surface area contributed by atoms with Gasteiger partial charge in [0.05, 0.1) is 12.8 Å². The fraction of sp³-hybridized carbons (Fsp3) is 0.769. The molecule has 1 rings (SSSR count). The summed E-state index contributed by atoms with van der Waals surface area (Å²) in [6, 6.07) is 0.390. The van der Waals surface area contributed by atoms with Crippen molar-refractivity contribution in [3.05, 3.63) is 18.0 Å². The van der Waals surface area contributed by atoms with Gasteiger partial charge in [0.1, 0.15) is 0 Å². The van der Waals surface area contributed by atoms with Gasteiger partial charge in [-0.2, -0.15) is 5.10 Å². The highest BCUT2D eigenvalue weighted by Crippen LogP contribution is 2.14. The number of aryl methyl sites for hydroxylation is 1. The molecule has 0 aliphatic rings. The molecular formula is C13H25N3O. The zero-order valence-corrected chi connectivity index (χ0v) is 11.3. The van der Waals surface area contributed by atoms with Crippen molar-refractivity contribution in [3.63, 3.8) is 0 Å². The van der Waals surface area contributed by atoms with Crippen molar-refractivity contribution in [1.82, 2.24) is 15.1 Å². The first-order chi connectivity index (χ1) is 8.06. The third-order valence-corrected chi connectivity index (χ3v) is 2.94.